The Morgan fingerprint density at radius 3 is 2.11 bits per heavy atom. The van der Waals surface area contributed by atoms with Gasteiger partial charge in [0.1, 0.15) is 5.76 Å². The Morgan fingerprint density at radius 1 is 1.17 bits per heavy atom. The summed E-state index contributed by atoms with van der Waals surface area (Å²) in [5.74, 6) is 0.643. The Kier molecular flexibility index (Phi) is 5.43. The lowest BCUT2D eigenvalue weighted by atomic mass is 9.70. The topological polar surface area (TPSA) is 37.3 Å². The highest BCUT2D eigenvalue weighted by atomic mass is 16.3. The number of hydrogen-bond donors (Lipinski definition) is 1. The molecule has 1 rings (SSSR count). The molecule has 0 heterocycles. The number of carbonyl (C=O) groups is 1. The van der Waals surface area contributed by atoms with Gasteiger partial charge in [-0.25, -0.2) is 0 Å². The monoisotopic (exact) mass is 252 g/mol. The molecule has 0 unspecified atom stereocenters. The number of aliphatic hydroxyl groups excluding tert-OH is 1. The lowest BCUT2D eigenvalue weighted by Crippen LogP contribution is -2.31. The van der Waals surface area contributed by atoms with Gasteiger partial charge >= 0.3 is 0 Å². The van der Waals surface area contributed by atoms with Crippen molar-refractivity contribution in [3.8, 4) is 0 Å². The molecule has 0 aliphatic heterocycles. The number of ketones is 1. The minimum Gasteiger partial charge on any atom is -0.512 e. The Hall–Kier alpha value is -0.790. The molecule has 0 radical (unpaired) electrons. The van der Waals surface area contributed by atoms with Crippen LogP contribution in [-0.2, 0) is 4.79 Å². The molecule has 0 spiro atoms. The molecule has 104 valence electrons. The number of hydrogen-bond acceptors (Lipinski definition) is 2. The van der Waals surface area contributed by atoms with E-state index in [4.69, 9.17) is 0 Å². The first-order valence-corrected chi connectivity index (χ1v) is 7.40. The minimum absolute atomic E-state index is 0.140. The second kappa shape index (κ2) is 6.40. The Bertz CT molecular complexity index is 318. The summed E-state index contributed by atoms with van der Waals surface area (Å²) in [6, 6.07) is 0. The van der Waals surface area contributed by atoms with Crippen LogP contribution in [0.5, 0.6) is 0 Å². The summed E-state index contributed by atoms with van der Waals surface area (Å²) in [5, 5.41) is 10.3. The quantitative estimate of drug-likeness (QED) is 0.564. The molecule has 2 heteroatoms. The highest BCUT2D eigenvalue weighted by Gasteiger charge is 2.36. The fraction of sp³-hybridized carbons (Fsp3) is 0.812. The fourth-order valence-corrected chi connectivity index (χ4v) is 3.11. The van der Waals surface area contributed by atoms with Crippen LogP contribution in [-0.4, -0.2) is 10.9 Å². The van der Waals surface area contributed by atoms with E-state index in [1.165, 1.54) is 6.42 Å². The summed E-state index contributed by atoms with van der Waals surface area (Å²) in [6.07, 6.45) is 7.25. The molecule has 1 aliphatic rings. The zero-order valence-corrected chi connectivity index (χ0v) is 12.4. The van der Waals surface area contributed by atoms with Crippen molar-refractivity contribution in [3.05, 3.63) is 11.3 Å². The van der Waals surface area contributed by atoms with Crippen LogP contribution in [0.1, 0.15) is 72.6 Å². The van der Waals surface area contributed by atoms with Gasteiger partial charge in [0, 0.05) is 16.9 Å². The predicted octanol–water partition coefficient (Wildman–Crippen LogP) is 4.79. The molecule has 2 nitrogen and oxygen atoms in total. The van der Waals surface area contributed by atoms with Crippen LogP contribution in [0.25, 0.3) is 0 Å². The highest BCUT2D eigenvalue weighted by molar-refractivity contribution is 5.99. The van der Waals surface area contributed by atoms with Crippen molar-refractivity contribution in [3.63, 3.8) is 0 Å². The number of Topliss-reactive ketones (excluding diaryl/α,β-unsaturated/α-hetero) is 1. The minimum atomic E-state index is -0.234. The van der Waals surface area contributed by atoms with Gasteiger partial charge in [0.25, 0.3) is 0 Å². The first kappa shape index (κ1) is 15.3. The van der Waals surface area contributed by atoms with Crippen LogP contribution in [0.15, 0.2) is 11.3 Å². The number of aliphatic hydroxyl groups is 1. The van der Waals surface area contributed by atoms with Gasteiger partial charge < -0.3 is 5.11 Å². The third-order valence-corrected chi connectivity index (χ3v) is 4.60. The maximum atomic E-state index is 12.6. The highest BCUT2D eigenvalue weighted by Crippen LogP contribution is 2.39. The van der Waals surface area contributed by atoms with Gasteiger partial charge in [-0.15, -0.1) is 0 Å². The van der Waals surface area contributed by atoms with Gasteiger partial charge in [-0.1, -0.05) is 40.0 Å². The van der Waals surface area contributed by atoms with Crippen LogP contribution >= 0.6 is 0 Å². The third-order valence-electron chi connectivity index (χ3n) is 4.60. The lowest BCUT2D eigenvalue weighted by molar-refractivity contribution is -0.125. The van der Waals surface area contributed by atoms with Gasteiger partial charge in [0.15, 0.2) is 5.78 Å². The zero-order valence-electron chi connectivity index (χ0n) is 12.4. The summed E-state index contributed by atoms with van der Waals surface area (Å²) in [7, 11) is 0. The number of carbonyl (C=O) groups excluding carboxylic acids is 1. The van der Waals surface area contributed by atoms with Gasteiger partial charge in [0.05, 0.1) is 0 Å². The molecule has 18 heavy (non-hydrogen) atoms. The van der Waals surface area contributed by atoms with E-state index in [-0.39, 0.29) is 17.1 Å². The summed E-state index contributed by atoms with van der Waals surface area (Å²) >= 11 is 0. The molecule has 0 amide bonds. The van der Waals surface area contributed by atoms with E-state index in [1.807, 2.05) is 0 Å². The van der Waals surface area contributed by atoms with Crippen molar-refractivity contribution in [2.75, 3.05) is 0 Å². The summed E-state index contributed by atoms with van der Waals surface area (Å²) in [5.41, 5.74) is 0.371. The fourth-order valence-electron chi connectivity index (χ4n) is 3.11. The molecule has 0 aromatic carbocycles. The second-order valence-electron chi connectivity index (χ2n) is 5.97. The first-order chi connectivity index (χ1) is 8.46. The van der Waals surface area contributed by atoms with Gasteiger partial charge in [0.2, 0.25) is 0 Å². The molecule has 1 aliphatic carbocycles. The van der Waals surface area contributed by atoms with E-state index in [0.29, 0.717) is 11.3 Å². The lowest BCUT2D eigenvalue weighted by Gasteiger charge is -2.32. The smallest absolute Gasteiger partial charge is 0.167 e. The van der Waals surface area contributed by atoms with Crippen molar-refractivity contribution in [1.29, 1.82) is 0 Å². The number of allylic oxidation sites excluding steroid dienone is 2. The summed E-state index contributed by atoms with van der Waals surface area (Å²) in [6.45, 7) is 7.99. The van der Waals surface area contributed by atoms with Crippen molar-refractivity contribution < 1.29 is 9.90 Å². The summed E-state index contributed by atoms with van der Waals surface area (Å²) in [4.78, 5) is 12.6. The Labute approximate surface area is 111 Å². The van der Waals surface area contributed by atoms with Gasteiger partial charge in [-0.05, 0) is 32.6 Å². The largest absolute Gasteiger partial charge is 0.512 e. The van der Waals surface area contributed by atoms with E-state index >= 15 is 0 Å². The van der Waals surface area contributed by atoms with Gasteiger partial charge in [-0.2, -0.15) is 0 Å². The Balaban J connectivity index is 2.90. The average Bonchev–Trinajstić information content (AvgIpc) is 2.39. The standard InChI is InChI=1S/C16H28O2/c1-5-13(6-2)14(17)12(3)15(18)16(4)10-8-7-9-11-16/h13,17H,5-11H2,1-4H3/b14-12-. The average molecular weight is 252 g/mol. The second-order valence-corrected chi connectivity index (χ2v) is 5.97. The van der Waals surface area contributed by atoms with E-state index in [0.717, 1.165) is 38.5 Å². The van der Waals surface area contributed by atoms with Crippen molar-refractivity contribution in [2.24, 2.45) is 11.3 Å². The van der Waals surface area contributed by atoms with Gasteiger partial charge in [-0.3, -0.25) is 4.79 Å². The maximum absolute atomic E-state index is 12.6. The molecule has 0 aromatic rings. The molecular weight excluding hydrogens is 224 g/mol. The molecule has 0 aromatic heterocycles. The third kappa shape index (κ3) is 3.15. The van der Waals surface area contributed by atoms with E-state index in [9.17, 15) is 9.90 Å². The van der Waals surface area contributed by atoms with Crippen LogP contribution in [0, 0.1) is 11.3 Å². The SMILES string of the molecule is CCC(CC)/C(O)=C(\C)C(=O)C1(C)CCCCC1. The van der Waals surface area contributed by atoms with Crippen molar-refractivity contribution in [2.45, 2.75) is 72.6 Å². The van der Waals surface area contributed by atoms with Crippen LogP contribution < -0.4 is 0 Å². The van der Waals surface area contributed by atoms with Crippen LogP contribution in [0.4, 0.5) is 0 Å². The molecule has 1 saturated carbocycles. The van der Waals surface area contributed by atoms with Crippen molar-refractivity contribution >= 4 is 5.78 Å². The first-order valence-electron chi connectivity index (χ1n) is 7.40. The molecule has 1 fully saturated rings. The summed E-state index contributed by atoms with van der Waals surface area (Å²) < 4.78 is 0. The van der Waals surface area contributed by atoms with Crippen LogP contribution in [0.2, 0.25) is 0 Å². The number of rotatable bonds is 5. The molecule has 0 atom stereocenters. The molecule has 0 saturated heterocycles. The van der Waals surface area contributed by atoms with Crippen LogP contribution in [0.3, 0.4) is 0 Å². The Morgan fingerprint density at radius 2 is 1.67 bits per heavy atom. The van der Waals surface area contributed by atoms with E-state index in [2.05, 4.69) is 20.8 Å². The predicted molar refractivity (Wildman–Crippen MR) is 75.6 cm³/mol. The van der Waals surface area contributed by atoms with E-state index in [1.54, 1.807) is 6.92 Å². The maximum Gasteiger partial charge on any atom is 0.167 e. The van der Waals surface area contributed by atoms with Crippen molar-refractivity contribution in [1.82, 2.24) is 0 Å². The molecule has 0 bridgehead atoms. The zero-order chi connectivity index (χ0) is 13.8. The van der Waals surface area contributed by atoms with E-state index < -0.39 is 0 Å². The molecule has 1 N–H and O–H groups in total. The molecular formula is C16H28O2. The normalized spacial score (nSPS) is 20.7.